The number of ether oxygens (including phenoxy) is 1. The molecule has 37 heavy (non-hydrogen) atoms. The number of aromatic amines is 1. The molecular formula is C31H40N4O2. The minimum atomic E-state index is 0.134. The second-order valence-corrected chi connectivity index (χ2v) is 8.74. The quantitative estimate of drug-likeness (QED) is 0.262. The van der Waals surface area contributed by atoms with Crippen LogP contribution in [-0.2, 0) is 4.79 Å². The van der Waals surface area contributed by atoms with E-state index in [1.165, 1.54) is 16.6 Å². The van der Waals surface area contributed by atoms with Gasteiger partial charge < -0.3 is 15.0 Å². The summed E-state index contributed by atoms with van der Waals surface area (Å²) in [6.07, 6.45) is 3.22. The van der Waals surface area contributed by atoms with Gasteiger partial charge in [-0.05, 0) is 68.7 Å². The highest BCUT2D eigenvalue weighted by Crippen LogP contribution is 2.30. The third kappa shape index (κ3) is 7.59. The number of nitrogens with one attached hydrogen (secondary N) is 2. The number of H-pyrrole nitrogens is 1. The number of carbonyl (C=O) groups excluding carboxylic acids is 1. The monoisotopic (exact) mass is 500 g/mol. The summed E-state index contributed by atoms with van der Waals surface area (Å²) in [6.45, 7) is 10.5. The van der Waals surface area contributed by atoms with Gasteiger partial charge in [-0.25, -0.2) is 0 Å². The molecule has 0 saturated heterocycles. The zero-order valence-electron chi connectivity index (χ0n) is 22.8. The van der Waals surface area contributed by atoms with E-state index in [0.717, 1.165) is 55.0 Å². The maximum absolute atomic E-state index is 11.4. The first kappa shape index (κ1) is 27.8. The number of nitrogens with zero attached hydrogens (tertiary/aromatic N) is 2. The molecule has 0 bridgehead atoms. The lowest BCUT2D eigenvalue weighted by Crippen LogP contribution is -2.23. The van der Waals surface area contributed by atoms with Crippen molar-refractivity contribution >= 4 is 28.2 Å². The van der Waals surface area contributed by atoms with Crippen LogP contribution in [0.1, 0.15) is 47.0 Å². The summed E-state index contributed by atoms with van der Waals surface area (Å²) in [7, 11) is 1.62. The maximum atomic E-state index is 11.4. The van der Waals surface area contributed by atoms with Crippen LogP contribution >= 0.6 is 0 Å². The molecule has 1 aliphatic carbocycles. The molecule has 1 aromatic heterocycles. The summed E-state index contributed by atoms with van der Waals surface area (Å²) in [5.41, 5.74) is 5.38. The van der Waals surface area contributed by atoms with Gasteiger partial charge in [-0.3, -0.25) is 9.89 Å². The molecule has 6 nitrogen and oxygen atoms in total. The van der Waals surface area contributed by atoms with Crippen molar-refractivity contribution in [3.63, 3.8) is 0 Å². The van der Waals surface area contributed by atoms with Crippen LogP contribution in [-0.4, -0.2) is 36.3 Å². The van der Waals surface area contributed by atoms with Crippen LogP contribution in [0, 0.1) is 5.92 Å². The number of methoxy groups -OCH3 is 1. The summed E-state index contributed by atoms with van der Waals surface area (Å²) < 4.78 is 5.02. The van der Waals surface area contributed by atoms with E-state index < -0.39 is 0 Å². The molecular weight excluding hydrogens is 460 g/mol. The van der Waals surface area contributed by atoms with Crippen molar-refractivity contribution in [3.05, 3.63) is 72.8 Å². The molecule has 1 saturated carbocycles. The third-order valence-electron chi connectivity index (χ3n) is 6.14. The number of hydrogen-bond acceptors (Lipinski definition) is 4. The Hall–Kier alpha value is -3.80. The van der Waals surface area contributed by atoms with Gasteiger partial charge >= 0.3 is 0 Å². The Bertz CT molecular complexity index is 1250. The Morgan fingerprint density at radius 3 is 2.41 bits per heavy atom. The number of hydrogen-bond donors (Lipinski definition) is 2. The second-order valence-electron chi connectivity index (χ2n) is 8.74. The predicted molar refractivity (Wildman–Crippen MR) is 155 cm³/mol. The molecule has 1 aliphatic rings. The zero-order chi connectivity index (χ0) is 26.6. The predicted octanol–water partition coefficient (Wildman–Crippen LogP) is 7.54. The molecule has 1 amide bonds. The molecule has 2 N–H and O–H groups in total. The largest absolute Gasteiger partial charge is 0.497 e. The molecule has 196 valence electrons. The van der Waals surface area contributed by atoms with Gasteiger partial charge in [0.2, 0.25) is 5.91 Å². The first-order chi connectivity index (χ1) is 18.1. The fraction of sp³-hybridized carbons (Fsp3) is 0.355. The van der Waals surface area contributed by atoms with E-state index >= 15 is 0 Å². The minimum absolute atomic E-state index is 0.134. The summed E-state index contributed by atoms with van der Waals surface area (Å²) in [4.78, 5) is 13.8. The van der Waals surface area contributed by atoms with Crippen LogP contribution in [0.5, 0.6) is 5.75 Å². The van der Waals surface area contributed by atoms with Crippen LogP contribution in [0.3, 0.4) is 0 Å². The van der Waals surface area contributed by atoms with Crippen molar-refractivity contribution in [2.24, 2.45) is 5.92 Å². The van der Waals surface area contributed by atoms with E-state index in [4.69, 9.17) is 4.74 Å². The van der Waals surface area contributed by atoms with E-state index in [1.807, 2.05) is 44.2 Å². The Morgan fingerprint density at radius 1 is 1.03 bits per heavy atom. The average Bonchev–Trinajstić information content (AvgIpc) is 3.73. The van der Waals surface area contributed by atoms with Gasteiger partial charge in [0.15, 0.2) is 0 Å². The van der Waals surface area contributed by atoms with Crippen LogP contribution in [0.4, 0.5) is 11.4 Å². The van der Waals surface area contributed by atoms with Crippen LogP contribution in [0.25, 0.3) is 22.2 Å². The first-order valence-corrected chi connectivity index (χ1v) is 13.4. The normalized spacial score (nSPS) is 12.0. The Morgan fingerprint density at radius 2 is 1.76 bits per heavy atom. The maximum Gasteiger partial charge on any atom is 0.227 e. The zero-order valence-corrected chi connectivity index (χ0v) is 22.8. The number of carbonyl (C=O) groups is 1. The van der Waals surface area contributed by atoms with E-state index in [1.54, 1.807) is 7.11 Å². The van der Waals surface area contributed by atoms with E-state index in [0.29, 0.717) is 0 Å². The molecule has 0 atom stereocenters. The van der Waals surface area contributed by atoms with Crippen molar-refractivity contribution < 1.29 is 9.53 Å². The van der Waals surface area contributed by atoms with E-state index in [9.17, 15) is 4.79 Å². The first-order valence-electron chi connectivity index (χ1n) is 13.4. The average molecular weight is 501 g/mol. The molecule has 0 radical (unpaired) electrons. The Labute approximate surface area is 221 Å². The number of para-hydroxylation sites is 1. The number of rotatable bonds is 8. The van der Waals surface area contributed by atoms with Gasteiger partial charge in [0.05, 0.1) is 18.3 Å². The molecule has 4 aromatic rings. The molecule has 0 spiro atoms. The molecule has 0 aliphatic heterocycles. The summed E-state index contributed by atoms with van der Waals surface area (Å²) >= 11 is 0. The lowest BCUT2D eigenvalue weighted by atomic mass is 10.1. The lowest BCUT2D eigenvalue weighted by molar-refractivity contribution is -0.117. The summed E-state index contributed by atoms with van der Waals surface area (Å²) in [6, 6.07) is 24.3. The third-order valence-corrected chi connectivity index (χ3v) is 6.14. The summed E-state index contributed by atoms with van der Waals surface area (Å²) in [5.74, 6) is 1.18. The number of anilines is 2. The van der Waals surface area contributed by atoms with Gasteiger partial charge in [-0.2, -0.15) is 5.10 Å². The van der Waals surface area contributed by atoms with Gasteiger partial charge in [-0.1, -0.05) is 51.1 Å². The molecule has 1 heterocycles. The standard InChI is InChI=1S/C18H21N3.C11H13NO2.C2H6/c1-3-12-21(4-2)15-9-7-8-14(13-15)18-16-10-5-6-11-17(16)19-20-18;1-14-10-6-4-9(5-7-10)12-11(13)8-2-3-8;1-2/h5-11,13H,3-4,12H2,1-2H3,(H,19,20);4-8H,2-3H2,1H3,(H,12,13);1-2H3. The Kier molecular flexibility index (Phi) is 10.6. The van der Waals surface area contributed by atoms with E-state index in [-0.39, 0.29) is 11.8 Å². The highest BCUT2D eigenvalue weighted by Gasteiger charge is 2.29. The Balaban J connectivity index is 0.000000207. The fourth-order valence-electron chi connectivity index (χ4n) is 4.04. The van der Waals surface area contributed by atoms with Crippen molar-refractivity contribution in [2.45, 2.75) is 47.0 Å². The SMILES string of the molecule is CC.CCCN(CC)c1cccc(-c2n[nH]c3ccccc23)c1.COc1ccc(NC(=O)C2CC2)cc1. The fourth-order valence-corrected chi connectivity index (χ4v) is 4.04. The molecule has 6 heteroatoms. The number of fused-ring (bicyclic) bond motifs is 1. The van der Waals surface area contributed by atoms with Gasteiger partial charge in [0, 0.05) is 41.3 Å². The highest BCUT2D eigenvalue weighted by molar-refractivity contribution is 5.94. The van der Waals surface area contributed by atoms with E-state index in [2.05, 4.69) is 76.7 Å². The van der Waals surface area contributed by atoms with Gasteiger partial charge in [-0.15, -0.1) is 0 Å². The smallest absolute Gasteiger partial charge is 0.227 e. The van der Waals surface area contributed by atoms with Crippen LogP contribution in [0.2, 0.25) is 0 Å². The van der Waals surface area contributed by atoms with Crippen molar-refractivity contribution in [3.8, 4) is 17.0 Å². The van der Waals surface area contributed by atoms with Crippen LogP contribution in [0.15, 0.2) is 72.8 Å². The van der Waals surface area contributed by atoms with Gasteiger partial charge in [0.1, 0.15) is 5.75 Å². The van der Waals surface area contributed by atoms with Gasteiger partial charge in [0.25, 0.3) is 0 Å². The summed E-state index contributed by atoms with van der Waals surface area (Å²) in [5, 5.41) is 11.6. The molecule has 5 rings (SSSR count). The molecule has 3 aromatic carbocycles. The van der Waals surface area contributed by atoms with Crippen molar-refractivity contribution in [2.75, 3.05) is 30.4 Å². The van der Waals surface area contributed by atoms with Crippen molar-refractivity contribution in [1.82, 2.24) is 10.2 Å². The van der Waals surface area contributed by atoms with Crippen molar-refractivity contribution in [1.29, 1.82) is 0 Å². The number of aromatic nitrogens is 2. The van der Waals surface area contributed by atoms with Crippen LogP contribution < -0.4 is 15.0 Å². The number of benzene rings is 3. The minimum Gasteiger partial charge on any atom is -0.497 e. The topological polar surface area (TPSA) is 70.2 Å². The molecule has 1 fully saturated rings. The number of amides is 1. The second kappa shape index (κ2) is 14.1. The lowest BCUT2D eigenvalue weighted by Gasteiger charge is -2.22. The molecule has 0 unspecified atom stereocenters. The highest BCUT2D eigenvalue weighted by atomic mass is 16.5.